The molecule has 10 heteroatoms. The van der Waals surface area contributed by atoms with E-state index in [1.165, 1.54) is 89.9 Å². The fraction of sp³-hybridized carbons (Fsp3) is 0.672. The van der Waals surface area contributed by atoms with Crippen LogP contribution in [0.1, 0.15) is 232 Å². The average Bonchev–Trinajstić information content (AvgIpc) is 3.36. The molecule has 0 aromatic heterocycles. The van der Waals surface area contributed by atoms with Gasteiger partial charge in [-0.2, -0.15) is 0 Å². The van der Waals surface area contributed by atoms with Crippen LogP contribution >= 0.6 is 7.82 Å². The second kappa shape index (κ2) is 56.0. The highest BCUT2D eigenvalue weighted by atomic mass is 31.2. The Morgan fingerprint density at radius 3 is 1.17 bits per heavy atom. The third-order valence-corrected chi connectivity index (χ3v) is 12.6. The van der Waals surface area contributed by atoms with Crippen LogP contribution in [-0.4, -0.2) is 49.3 Å². The Balaban J connectivity index is 4.07. The van der Waals surface area contributed by atoms with Gasteiger partial charge in [0.15, 0.2) is 6.10 Å². The van der Waals surface area contributed by atoms with Crippen molar-refractivity contribution in [2.75, 3.05) is 26.4 Å². The molecule has 0 aromatic carbocycles. The Labute approximate surface area is 435 Å². The number of ether oxygens (including phenoxy) is 2. The van der Waals surface area contributed by atoms with Crippen molar-refractivity contribution in [1.29, 1.82) is 0 Å². The van der Waals surface area contributed by atoms with Crippen molar-refractivity contribution in [2.24, 2.45) is 5.73 Å². The van der Waals surface area contributed by atoms with E-state index in [-0.39, 0.29) is 32.6 Å². The molecule has 0 spiro atoms. The lowest BCUT2D eigenvalue weighted by atomic mass is 10.1. The normalized spacial score (nSPS) is 13.9. The second-order valence-electron chi connectivity index (χ2n) is 18.4. The molecule has 0 rings (SSSR count). The van der Waals surface area contributed by atoms with Crippen molar-refractivity contribution in [3.63, 3.8) is 0 Å². The van der Waals surface area contributed by atoms with Crippen molar-refractivity contribution in [2.45, 2.75) is 238 Å². The number of phosphoric ester groups is 1. The summed E-state index contributed by atoms with van der Waals surface area (Å²) in [6, 6.07) is 0. The quantitative estimate of drug-likeness (QED) is 0.0264. The van der Waals surface area contributed by atoms with Gasteiger partial charge in [0.2, 0.25) is 0 Å². The third-order valence-electron chi connectivity index (χ3n) is 11.6. The Hall–Kier alpha value is -3.33. The van der Waals surface area contributed by atoms with Gasteiger partial charge in [0.25, 0.3) is 0 Å². The van der Waals surface area contributed by atoms with E-state index in [1.807, 2.05) is 0 Å². The fourth-order valence-electron chi connectivity index (χ4n) is 7.47. The summed E-state index contributed by atoms with van der Waals surface area (Å²) in [6.45, 7) is 3.60. The minimum absolute atomic E-state index is 0.0452. The number of phosphoric acid groups is 1. The van der Waals surface area contributed by atoms with Crippen LogP contribution in [0, 0.1) is 0 Å². The molecule has 2 atom stereocenters. The van der Waals surface area contributed by atoms with Crippen LogP contribution in [0.3, 0.4) is 0 Å². The maximum Gasteiger partial charge on any atom is 0.472 e. The first-order valence-corrected chi connectivity index (χ1v) is 29.9. The standard InChI is InChI=1S/C61H104NO8P/c1-3-5-7-9-11-13-15-17-19-21-23-24-25-26-27-28-29-30-31-32-33-34-36-38-40-42-44-46-48-50-52-54-61(64)70-59(58-69-71(65,66)68-56-55-62)57-67-60(63)53-51-49-47-45-43-41-39-37-35-22-20-18-16-14-12-10-8-6-4-2/h5,7,11,13,17-20,23-24,26-27,29-30,32-33,36,38,59H,3-4,6,8-10,12,14-16,21-22,25,28,31,34-35,37,39-58,62H2,1-2H3,(H,65,66)/b7-5-,13-11-,19-17-,20-18-,24-23-,27-26-,30-29-,33-32-,38-36-. The molecule has 0 aromatic rings. The molecule has 406 valence electrons. The molecule has 0 aliphatic carbocycles. The zero-order valence-corrected chi connectivity index (χ0v) is 46.1. The van der Waals surface area contributed by atoms with E-state index < -0.39 is 32.5 Å². The van der Waals surface area contributed by atoms with Gasteiger partial charge in [-0.1, -0.05) is 226 Å². The van der Waals surface area contributed by atoms with E-state index in [0.717, 1.165) is 109 Å². The second-order valence-corrected chi connectivity index (χ2v) is 19.9. The molecule has 0 radical (unpaired) electrons. The highest BCUT2D eigenvalue weighted by Crippen LogP contribution is 2.43. The molecule has 0 saturated heterocycles. The molecule has 0 aliphatic rings. The summed E-state index contributed by atoms with van der Waals surface area (Å²) in [5.41, 5.74) is 5.38. The van der Waals surface area contributed by atoms with Crippen LogP contribution in [-0.2, 0) is 32.7 Å². The predicted molar refractivity (Wildman–Crippen MR) is 302 cm³/mol. The van der Waals surface area contributed by atoms with Crippen LogP contribution < -0.4 is 5.73 Å². The van der Waals surface area contributed by atoms with Gasteiger partial charge in [0.1, 0.15) is 6.61 Å². The maximum absolute atomic E-state index is 12.7. The molecule has 71 heavy (non-hydrogen) atoms. The van der Waals surface area contributed by atoms with Crippen molar-refractivity contribution in [1.82, 2.24) is 0 Å². The maximum atomic E-state index is 12.7. The number of hydrogen-bond acceptors (Lipinski definition) is 8. The van der Waals surface area contributed by atoms with Crippen LogP contribution in [0.4, 0.5) is 0 Å². The Bertz CT molecular complexity index is 1530. The first-order valence-electron chi connectivity index (χ1n) is 28.4. The summed E-state index contributed by atoms with van der Waals surface area (Å²) in [6.07, 6.45) is 75.6. The van der Waals surface area contributed by atoms with Gasteiger partial charge in [-0.15, -0.1) is 0 Å². The Morgan fingerprint density at radius 2 is 0.775 bits per heavy atom. The van der Waals surface area contributed by atoms with Gasteiger partial charge < -0.3 is 20.1 Å². The summed E-state index contributed by atoms with van der Waals surface area (Å²) < 4.78 is 33.0. The highest BCUT2D eigenvalue weighted by molar-refractivity contribution is 7.47. The largest absolute Gasteiger partial charge is 0.472 e. The molecular formula is C61H104NO8P. The van der Waals surface area contributed by atoms with E-state index in [2.05, 4.69) is 123 Å². The molecule has 0 bridgehead atoms. The minimum atomic E-state index is -4.40. The van der Waals surface area contributed by atoms with E-state index in [4.69, 9.17) is 24.3 Å². The van der Waals surface area contributed by atoms with Crippen molar-refractivity contribution < 1.29 is 37.6 Å². The minimum Gasteiger partial charge on any atom is -0.462 e. The Kier molecular flexibility index (Phi) is 53.3. The van der Waals surface area contributed by atoms with E-state index >= 15 is 0 Å². The van der Waals surface area contributed by atoms with Crippen molar-refractivity contribution in [3.05, 3.63) is 109 Å². The first kappa shape index (κ1) is 67.7. The van der Waals surface area contributed by atoms with Gasteiger partial charge in [-0.3, -0.25) is 18.6 Å². The first-order chi connectivity index (χ1) is 34.8. The molecule has 0 saturated carbocycles. The number of hydrogen-bond donors (Lipinski definition) is 2. The van der Waals surface area contributed by atoms with E-state index in [9.17, 15) is 19.0 Å². The Morgan fingerprint density at radius 1 is 0.437 bits per heavy atom. The lowest BCUT2D eigenvalue weighted by Gasteiger charge is -2.19. The molecule has 0 aliphatic heterocycles. The summed E-state index contributed by atoms with van der Waals surface area (Å²) in [7, 11) is -4.40. The smallest absolute Gasteiger partial charge is 0.462 e. The third kappa shape index (κ3) is 55.8. The lowest BCUT2D eigenvalue weighted by Crippen LogP contribution is -2.29. The fourth-order valence-corrected chi connectivity index (χ4v) is 8.23. The van der Waals surface area contributed by atoms with Gasteiger partial charge >= 0.3 is 19.8 Å². The van der Waals surface area contributed by atoms with Gasteiger partial charge in [0.05, 0.1) is 13.2 Å². The van der Waals surface area contributed by atoms with Crippen molar-refractivity contribution in [3.8, 4) is 0 Å². The number of nitrogens with two attached hydrogens (primary N) is 1. The van der Waals surface area contributed by atoms with Crippen LogP contribution in [0.5, 0.6) is 0 Å². The predicted octanol–water partition coefficient (Wildman–Crippen LogP) is 17.8. The van der Waals surface area contributed by atoms with E-state index in [0.29, 0.717) is 6.42 Å². The number of rotatable bonds is 52. The number of unbranched alkanes of at least 4 members (excludes halogenated alkanes) is 21. The number of carbonyl (C=O) groups is 2. The summed E-state index contributed by atoms with van der Waals surface area (Å²) in [4.78, 5) is 35.2. The SMILES string of the molecule is CC/C=C\C/C=C\C/C=C\C/C=C\C/C=C\C/C=C\C/C=C\C/C=C\CCCCCCCCC(=O)OC(COC(=O)CCCCCCCCCCC/C=C\CCCCCCCC)COP(=O)(O)OCCN. The lowest BCUT2D eigenvalue weighted by molar-refractivity contribution is -0.161. The number of allylic oxidation sites excluding steroid dienone is 18. The summed E-state index contributed by atoms with van der Waals surface area (Å²) in [5.74, 6) is -0.851. The molecular weight excluding hydrogens is 906 g/mol. The number of esters is 2. The van der Waals surface area contributed by atoms with Crippen LogP contribution in [0.15, 0.2) is 109 Å². The molecule has 0 amide bonds. The van der Waals surface area contributed by atoms with Gasteiger partial charge in [0, 0.05) is 19.4 Å². The van der Waals surface area contributed by atoms with Crippen LogP contribution in [0.2, 0.25) is 0 Å². The topological polar surface area (TPSA) is 134 Å². The molecule has 9 nitrogen and oxygen atoms in total. The average molecular weight is 1010 g/mol. The molecule has 2 unspecified atom stereocenters. The summed E-state index contributed by atoms with van der Waals surface area (Å²) in [5, 5.41) is 0. The zero-order chi connectivity index (χ0) is 51.7. The monoisotopic (exact) mass is 1010 g/mol. The van der Waals surface area contributed by atoms with Crippen molar-refractivity contribution >= 4 is 19.8 Å². The highest BCUT2D eigenvalue weighted by Gasteiger charge is 2.26. The van der Waals surface area contributed by atoms with Gasteiger partial charge in [-0.05, 0) is 103 Å². The summed E-state index contributed by atoms with van der Waals surface area (Å²) >= 11 is 0. The van der Waals surface area contributed by atoms with Gasteiger partial charge in [-0.25, -0.2) is 4.57 Å². The number of carbonyl (C=O) groups excluding carboxylic acids is 2. The molecule has 3 N–H and O–H groups in total. The zero-order valence-electron chi connectivity index (χ0n) is 45.2. The van der Waals surface area contributed by atoms with E-state index in [1.54, 1.807) is 0 Å². The molecule has 0 heterocycles. The van der Waals surface area contributed by atoms with Crippen LogP contribution in [0.25, 0.3) is 0 Å². The molecule has 0 fully saturated rings.